The van der Waals surface area contributed by atoms with Crippen molar-refractivity contribution in [3.05, 3.63) is 24.3 Å². The van der Waals surface area contributed by atoms with E-state index in [1.165, 1.54) is 12.8 Å². The molecule has 1 fully saturated rings. The van der Waals surface area contributed by atoms with Crippen LogP contribution in [0.4, 0.5) is 11.4 Å². The summed E-state index contributed by atoms with van der Waals surface area (Å²) in [6, 6.07) is 7.06. The Morgan fingerprint density at radius 1 is 1.20 bits per heavy atom. The highest BCUT2D eigenvalue weighted by molar-refractivity contribution is 5.92. The van der Waals surface area contributed by atoms with Crippen molar-refractivity contribution < 1.29 is 9.59 Å². The molecule has 6 nitrogen and oxygen atoms in total. The molecule has 1 aromatic carbocycles. The van der Waals surface area contributed by atoms with Gasteiger partial charge in [0.25, 0.3) is 0 Å². The number of nitrogens with one attached hydrogen (secondary N) is 2. The summed E-state index contributed by atoms with van der Waals surface area (Å²) in [5.41, 5.74) is 7.42. The second-order valence-electron chi connectivity index (χ2n) is 6.20. The zero-order chi connectivity index (χ0) is 16.8. The van der Waals surface area contributed by atoms with Crippen LogP contribution in [-0.2, 0) is 9.59 Å². The van der Waals surface area contributed by atoms with E-state index in [2.05, 4.69) is 21.6 Å². The van der Waals surface area contributed by atoms with E-state index in [1.54, 1.807) is 13.8 Å². The lowest BCUT2D eigenvalue weighted by Gasteiger charge is -2.19. The van der Waals surface area contributed by atoms with Gasteiger partial charge in [-0.3, -0.25) is 9.59 Å². The van der Waals surface area contributed by atoms with Crippen LogP contribution >= 0.6 is 24.8 Å². The van der Waals surface area contributed by atoms with Crippen LogP contribution in [0.15, 0.2) is 24.3 Å². The van der Waals surface area contributed by atoms with E-state index in [1.807, 2.05) is 18.2 Å². The fourth-order valence-electron chi connectivity index (χ4n) is 2.67. The number of carbonyl (C=O) groups is 2. The maximum absolute atomic E-state index is 12.1. The second kappa shape index (κ2) is 11.2. The number of hydrogen-bond donors (Lipinski definition) is 3. The molecule has 0 bridgehead atoms. The number of hydrogen-bond acceptors (Lipinski definition) is 4. The molecule has 2 atom stereocenters. The van der Waals surface area contributed by atoms with Crippen molar-refractivity contribution in [2.45, 2.75) is 45.2 Å². The third kappa shape index (κ3) is 7.50. The zero-order valence-corrected chi connectivity index (χ0v) is 16.3. The van der Waals surface area contributed by atoms with Crippen LogP contribution in [0.25, 0.3) is 0 Å². The summed E-state index contributed by atoms with van der Waals surface area (Å²) < 4.78 is 0. The molecule has 142 valence electrons. The van der Waals surface area contributed by atoms with E-state index in [0.717, 1.165) is 24.5 Å². The highest BCUT2D eigenvalue weighted by Gasteiger charge is 2.15. The topological polar surface area (TPSA) is 87.5 Å². The molecular formula is C17H28Cl2N4O2. The minimum Gasteiger partial charge on any atom is -0.371 e. The lowest BCUT2D eigenvalue weighted by atomic mass is 10.2. The molecule has 4 N–H and O–H groups in total. The summed E-state index contributed by atoms with van der Waals surface area (Å²) in [5.74, 6) is -0.373. The fraction of sp³-hybridized carbons (Fsp3) is 0.529. The van der Waals surface area contributed by atoms with Crippen molar-refractivity contribution in [2.75, 3.05) is 23.3 Å². The molecule has 0 aliphatic carbocycles. The van der Waals surface area contributed by atoms with Gasteiger partial charge < -0.3 is 21.3 Å². The molecule has 0 saturated carbocycles. The molecule has 2 amide bonds. The van der Waals surface area contributed by atoms with Crippen LogP contribution in [-0.4, -0.2) is 37.0 Å². The summed E-state index contributed by atoms with van der Waals surface area (Å²) >= 11 is 0. The van der Waals surface area contributed by atoms with E-state index < -0.39 is 6.04 Å². The Morgan fingerprint density at radius 2 is 1.84 bits per heavy atom. The average Bonchev–Trinajstić information content (AvgIpc) is 3.01. The molecule has 1 unspecified atom stereocenters. The van der Waals surface area contributed by atoms with E-state index in [9.17, 15) is 9.59 Å². The van der Waals surface area contributed by atoms with Crippen LogP contribution in [0.2, 0.25) is 0 Å². The molecule has 1 heterocycles. The van der Waals surface area contributed by atoms with Gasteiger partial charge in [-0.15, -0.1) is 24.8 Å². The van der Waals surface area contributed by atoms with Gasteiger partial charge in [0.1, 0.15) is 0 Å². The quantitative estimate of drug-likeness (QED) is 0.695. The highest BCUT2D eigenvalue weighted by Crippen LogP contribution is 2.23. The van der Waals surface area contributed by atoms with Crippen molar-refractivity contribution in [3.63, 3.8) is 0 Å². The van der Waals surface area contributed by atoms with E-state index >= 15 is 0 Å². The van der Waals surface area contributed by atoms with E-state index in [-0.39, 0.29) is 49.1 Å². The van der Waals surface area contributed by atoms with Gasteiger partial charge in [-0.05, 0) is 44.9 Å². The summed E-state index contributed by atoms with van der Waals surface area (Å²) in [4.78, 5) is 25.9. The Labute approximate surface area is 161 Å². The van der Waals surface area contributed by atoms with Crippen molar-refractivity contribution in [3.8, 4) is 0 Å². The van der Waals surface area contributed by atoms with Gasteiger partial charge in [0.2, 0.25) is 11.8 Å². The molecular weight excluding hydrogens is 363 g/mol. The van der Waals surface area contributed by atoms with Crippen LogP contribution in [0.1, 0.15) is 33.1 Å². The highest BCUT2D eigenvalue weighted by atomic mass is 35.5. The molecule has 8 heteroatoms. The van der Waals surface area contributed by atoms with Gasteiger partial charge in [0.15, 0.2) is 0 Å². The third-order valence-electron chi connectivity index (χ3n) is 3.89. The van der Waals surface area contributed by atoms with Gasteiger partial charge in [-0.1, -0.05) is 6.07 Å². The lowest BCUT2D eigenvalue weighted by molar-refractivity contribution is -0.123. The Morgan fingerprint density at radius 3 is 2.44 bits per heavy atom. The standard InChI is InChI=1S/C17H26N4O2.2ClH/c1-12(19-17(23)13(2)18)10-16(22)20-14-6-5-7-15(11-14)21-8-3-4-9-21;;/h5-7,11-13H,3-4,8-10,18H2,1-2H3,(H,19,23)(H,20,22);2*1H/t12?,13-;;/m1../s1. The fourth-order valence-corrected chi connectivity index (χ4v) is 2.67. The van der Waals surface area contributed by atoms with Gasteiger partial charge in [-0.25, -0.2) is 0 Å². The Balaban J connectivity index is 0.00000288. The number of rotatable bonds is 6. The third-order valence-corrected chi connectivity index (χ3v) is 3.89. The summed E-state index contributed by atoms with van der Waals surface area (Å²) in [6.45, 7) is 5.54. The Hall–Kier alpha value is -1.50. The van der Waals surface area contributed by atoms with Gasteiger partial charge in [-0.2, -0.15) is 0 Å². The molecule has 1 saturated heterocycles. The lowest BCUT2D eigenvalue weighted by Crippen LogP contribution is -2.43. The summed E-state index contributed by atoms with van der Waals surface area (Å²) in [6.07, 6.45) is 2.65. The van der Waals surface area contributed by atoms with Crippen LogP contribution in [0, 0.1) is 0 Å². The Kier molecular flexibility index (Phi) is 10.5. The molecule has 25 heavy (non-hydrogen) atoms. The molecule has 0 radical (unpaired) electrons. The summed E-state index contributed by atoms with van der Waals surface area (Å²) in [7, 11) is 0. The SMILES string of the molecule is CC(CC(=O)Nc1cccc(N2CCCC2)c1)NC(=O)[C@@H](C)N.Cl.Cl. The first-order valence-corrected chi connectivity index (χ1v) is 8.16. The van der Waals surface area contributed by atoms with E-state index in [4.69, 9.17) is 5.73 Å². The predicted molar refractivity (Wildman–Crippen MR) is 107 cm³/mol. The van der Waals surface area contributed by atoms with E-state index in [0.29, 0.717) is 0 Å². The van der Waals surface area contributed by atoms with Gasteiger partial charge >= 0.3 is 0 Å². The van der Waals surface area contributed by atoms with Crippen LogP contribution < -0.4 is 21.3 Å². The predicted octanol–water partition coefficient (Wildman–Crippen LogP) is 2.31. The smallest absolute Gasteiger partial charge is 0.236 e. The number of nitrogens with zero attached hydrogens (tertiary/aromatic N) is 1. The minimum absolute atomic E-state index is 0. The van der Waals surface area contributed by atoms with Crippen molar-refractivity contribution >= 4 is 48.0 Å². The molecule has 2 rings (SSSR count). The maximum atomic E-state index is 12.1. The van der Waals surface area contributed by atoms with Gasteiger partial charge in [0, 0.05) is 36.9 Å². The maximum Gasteiger partial charge on any atom is 0.236 e. The first-order valence-electron chi connectivity index (χ1n) is 8.16. The number of amides is 2. The Bertz CT molecular complexity index is 563. The number of nitrogens with two attached hydrogens (primary N) is 1. The first-order chi connectivity index (χ1) is 11.0. The zero-order valence-electron chi connectivity index (χ0n) is 14.7. The molecule has 1 aromatic rings. The number of benzene rings is 1. The van der Waals surface area contributed by atoms with Gasteiger partial charge in [0.05, 0.1) is 6.04 Å². The second-order valence-corrected chi connectivity index (χ2v) is 6.20. The molecule has 1 aliphatic heterocycles. The average molecular weight is 391 g/mol. The number of carbonyl (C=O) groups excluding carboxylic acids is 2. The van der Waals surface area contributed by atoms with Crippen molar-refractivity contribution in [2.24, 2.45) is 5.73 Å². The number of anilines is 2. The normalized spacial score (nSPS) is 15.4. The number of halogens is 2. The van der Waals surface area contributed by atoms with Crippen molar-refractivity contribution in [1.82, 2.24) is 5.32 Å². The summed E-state index contributed by atoms with van der Waals surface area (Å²) in [5, 5.41) is 5.61. The van der Waals surface area contributed by atoms with Crippen molar-refractivity contribution in [1.29, 1.82) is 0 Å². The van der Waals surface area contributed by atoms with Crippen LogP contribution in [0.3, 0.4) is 0 Å². The first kappa shape index (κ1) is 23.5. The van der Waals surface area contributed by atoms with Crippen LogP contribution in [0.5, 0.6) is 0 Å². The minimum atomic E-state index is -0.572. The molecule has 1 aliphatic rings. The monoisotopic (exact) mass is 390 g/mol. The largest absolute Gasteiger partial charge is 0.371 e. The molecule has 0 aromatic heterocycles. The molecule has 0 spiro atoms.